The molecule has 0 amide bonds. The second-order valence-corrected chi connectivity index (χ2v) is 10.6. The maximum atomic E-state index is 12.6. The molecule has 6 nitrogen and oxygen atoms in total. The molecule has 3 aliphatic carbocycles. The zero-order chi connectivity index (χ0) is 19.7. The molecule has 5 fully saturated rings. The van der Waals surface area contributed by atoms with E-state index in [0.29, 0.717) is 16.9 Å². The van der Waals surface area contributed by atoms with Crippen molar-refractivity contribution in [2.45, 2.75) is 83.4 Å². The fraction of sp³-hybridized carbons (Fsp3) is 0.818. The van der Waals surface area contributed by atoms with Gasteiger partial charge in [0.1, 0.15) is 24.4 Å². The molecule has 3 saturated carbocycles. The van der Waals surface area contributed by atoms with Crippen LogP contribution in [0.2, 0.25) is 0 Å². The van der Waals surface area contributed by atoms with Gasteiger partial charge < -0.3 is 18.9 Å². The van der Waals surface area contributed by atoms with E-state index in [1.165, 1.54) is 26.2 Å². The Morgan fingerprint density at radius 3 is 2.71 bits per heavy atom. The van der Waals surface area contributed by atoms with Gasteiger partial charge in [-0.15, -0.1) is 0 Å². The maximum absolute atomic E-state index is 12.6. The van der Waals surface area contributed by atoms with Crippen LogP contribution in [0.4, 0.5) is 0 Å². The van der Waals surface area contributed by atoms with Gasteiger partial charge in [-0.25, -0.2) is 4.79 Å². The van der Waals surface area contributed by atoms with Gasteiger partial charge in [0.05, 0.1) is 5.57 Å². The average Bonchev–Trinajstić information content (AvgIpc) is 3.44. The Kier molecular flexibility index (Phi) is 3.02. The smallest absolute Gasteiger partial charge is 0.340 e. The van der Waals surface area contributed by atoms with Gasteiger partial charge in [-0.1, -0.05) is 27.2 Å². The van der Waals surface area contributed by atoms with Crippen LogP contribution in [-0.2, 0) is 28.5 Å². The lowest BCUT2D eigenvalue weighted by Gasteiger charge is -2.59. The van der Waals surface area contributed by atoms with Gasteiger partial charge in [-0.05, 0) is 42.4 Å². The van der Waals surface area contributed by atoms with Crippen molar-refractivity contribution in [1.29, 1.82) is 0 Å². The summed E-state index contributed by atoms with van der Waals surface area (Å²) in [5.41, 5.74) is 1.42. The lowest BCUT2D eigenvalue weighted by molar-refractivity contribution is -0.148. The molecule has 0 N–H and O–H groups in total. The molecular formula is C22H28O6. The van der Waals surface area contributed by atoms with E-state index in [4.69, 9.17) is 18.9 Å². The number of carbonyl (C=O) groups excluding carboxylic acids is 2. The van der Waals surface area contributed by atoms with E-state index < -0.39 is 17.7 Å². The zero-order valence-corrected chi connectivity index (χ0v) is 17.0. The fourth-order valence-corrected chi connectivity index (χ4v) is 7.83. The molecule has 28 heavy (non-hydrogen) atoms. The number of esters is 2. The molecule has 2 spiro atoms. The van der Waals surface area contributed by atoms with E-state index in [0.717, 1.165) is 18.4 Å². The van der Waals surface area contributed by atoms with Crippen molar-refractivity contribution in [2.24, 2.45) is 22.7 Å². The molecule has 0 aromatic carbocycles. The number of ether oxygens (including phenoxy) is 4. The van der Waals surface area contributed by atoms with Crippen molar-refractivity contribution in [3.63, 3.8) is 0 Å². The number of rotatable bonds is 2. The number of hydrogen-bond donors (Lipinski definition) is 0. The number of hydrogen-bond acceptors (Lipinski definition) is 6. The summed E-state index contributed by atoms with van der Waals surface area (Å²) >= 11 is 0. The highest BCUT2D eigenvalue weighted by molar-refractivity contribution is 5.95. The minimum Gasteiger partial charge on any atom is -0.461 e. The first kappa shape index (κ1) is 17.5. The van der Waals surface area contributed by atoms with Crippen LogP contribution in [-0.4, -0.2) is 42.1 Å². The van der Waals surface area contributed by atoms with Gasteiger partial charge in [0.25, 0.3) is 5.79 Å². The Morgan fingerprint density at radius 2 is 1.96 bits per heavy atom. The number of epoxide rings is 2. The van der Waals surface area contributed by atoms with Crippen LogP contribution in [0.25, 0.3) is 0 Å². The van der Waals surface area contributed by atoms with E-state index in [-0.39, 0.29) is 35.7 Å². The monoisotopic (exact) mass is 388 g/mol. The van der Waals surface area contributed by atoms with Gasteiger partial charge >= 0.3 is 11.9 Å². The zero-order valence-electron chi connectivity index (χ0n) is 17.0. The molecule has 0 radical (unpaired) electrons. The first-order valence-corrected chi connectivity index (χ1v) is 10.6. The predicted octanol–water partition coefficient (Wildman–Crippen LogP) is 2.89. The van der Waals surface area contributed by atoms with Crippen LogP contribution in [0.1, 0.15) is 59.8 Å². The summed E-state index contributed by atoms with van der Waals surface area (Å²) in [6.45, 7) is 8.51. The number of carbonyl (C=O) groups is 2. The summed E-state index contributed by atoms with van der Waals surface area (Å²) in [6.07, 6.45) is 5.53. The van der Waals surface area contributed by atoms with E-state index in [1.54, 1.807) is 0 Å². The van der Waals surface area contributed by atoms with E-state index in [1.807, 2.05) is 0 Å². The Labute approximate surface area is 164 Å². The van der Waals surface area contributed by atoms with Crippen LogP contribution in [0.15, 0.2) is 11.1 Å². The highest BCUT2D eigenvalue weighted by atomic mass is 16.8. The largest absolute Gasteiger partial charge is 0.461 e. The van der Waals surface area contributed by atoms with Crippen LogP contribution >= 0.6 is 0 Å². The topological polar surface area (TPSA) is 77.7 Å². The summed E-state index contributed by atoms with van der Waals surface area (Å²) in [5.74, 6) is -0.929. The maximum Gasteiger partial charge on any atom is 0.340 e. The third kappa shape index (κ3) is 1.83. The van der Waals surface area contributed by atoms with Crippen molar-refractivity contribution in [1.82, 2.24) is 0 Å². The van der Waals surface area contributed by atoms with Gasteiger partial charge in [-0.3, -0.25) is 4.79 Å². The lowest BCUT2D eigenvalue weighted by Crippen LogP contribution is -2.59. The summed E-state index contributed by atoms with van der Waals surface area (Å²) < 4.78 is 23.6. The Balaban J connectivity index is 1.42. The number of fused-ring (bicyclic) bond motifs is 4. The third-order valence-corrected chi connectivity index (χ3v) is 8.86. The van der Waals surface area contributed by atoms with Crippen molar-refractivity contribution in [3.05, 3.63) is 11.1 Å². The first-order valence-electron chi connectivity index (χ1n) is 10.6. The predicted molar refractivity (Wildman–Crippen MR) is 96.9 cm³/mol. The summed E-state index contributed by atoms with van der Waals surface area (Å²) in [5, 5.41) is 0. The Morgan fingerprint density at radius 1 is 1.18 bits per heavy atom. The minimum absolute atomic E-state index is 0.0607. The second kappa shape index (κ2) is 4.84. The first-order chi connectivity index (χ1) is 13.2. The Hall–Kier alpha value is -1.40. The molecular weight excluding hydrogens is 360 g/mol. The molecule has 0 unspecified atom stereocenters. The molecule has 7 atom stereocenters. The van der Waals surface area contributed by atoms with Gasteiger partial charge in [0, 0.05) is 18.4 Å². The highest BCUT2D eigenvalue weighted by Crippen LogP contribution is 2.77. The lowest BCUT2D eigenvalue weighted by atomic mass is 9.44. The minimum atomic E-state index is -0.964. The molecule has 3 aliphatic heterocycles. The van der Waals surface area contributed by atoms with Crippen molar-refractivity contribution in [2.75, 3.05) is 6.61 Å². The molecule has 3 heterocycles. The molecule has 0 aromatic rings. The normalized spacial score (nSPS) is 51.8. The molecule has 6 heteroatoms. The van der Waals surface area contributed by atoms with E-state index >= 15 is 0 Å². The summed E-state index contributed by atoms with van der Waals surface area (Å²) in [6, 6.07) is 0. The highest BCUT2D eigenvalue weighted by Gasteiger charge is 2.88. The van der Waals surface area contributed by atoms with Crippen molar-refractivity contribution in [3.8, 4) is 0 Å². The quantitative estimate of drug-likeness (QED) is 0.535. The van der Waals surface area contributed by atoms with Gasteiger partial charge in [-0.2, -0.15) is 0 Å². The van der Waals surface area contributed by atoms with Gasteiger partial charge in [0.15, 0.2) is 0 Å². The molecule has 6 aliphatic rings. The SMILES string of the molecule is CC(=O)OCC1=C2[C@H]3O[C@]34CC[C@@H]3C(C)(C)CCC[C@@]3(C)[C@@H]4[C@H]3O[C@@]23OC1=O. The molecule has 152 valence electrons. The molecule has 0 aromatic heterocycles. The van der Waals surface area contributed by atoms with Crippen molar-refractivity contribution >= 4 is 11.9 Å². The van der Waals surface area contributed by atoms with Gasteiger partial charge in [0.2, 0.25) is 0 Å². The molecule has 2 saturated heterocycles. The van der Waals surface area contributed by atoms with Crippen LogP contribution < -0.4 is 0 Å². The molecule has 0 bridgehead atoms. The average molecular weight is 388 g/mol. The standard InChI is InChI=1S/C22H28O6/c1-11(23)25-10-12-14-16-21(26-16)9-6-13-19(2,3)7-5-8-20(13,4)15(21)17-22(14,27-17)28-18(12)24/h13,15-17H,5-10H2,1-4H3/t13-,15+,16-,17-,20-,21+,22-/m1/s1. The summed E-state index contributed by atoms with van der Waals surface area (Å²) in [4.78, 5) is 23.9. The third-order valence-electron chi connectivity index (χ3n) is 8.86. The van der Waals surface area contributed by atoms with Crippen molar-refractivity contribution < 1.29 is 28.5 Å². The second-order valence-electron chi connectivity index (χ2n) is 10.6. The molecule has 6 rings (SSSR count). The van der Waals surface area contributed by atoms with Crippen LogP contribution in [0.5, 0.6) is 0 Å². The van der Waals surface area contributed by atoms with E-state index in [2.05, 4.69) is 20.8 Å². The fourth-order valence-electron chi connectivity index (χ4n) is 7.83. The van der Waals surface area contributed by atoms with Crippen LogP contribution in [0.3, 0.4) is 0 Å². The summed E-state index contributed by atoms with van der Waals surface area (Å²) in [7, 11) is 0. The van der Waals surface area contributed by atoms with Crippen LogP contribution in [0, 0.1) is 22.7 Å². The Bertz CT molecular complexity index is 844. The van der Waals surface area contributed by atoms with E-state index in [9.17, 15) is 9.59 Å².